The maximum Gasteiger partial charge on any atom is 0.416 e. The number of alkyl halides is 3. The molecule has 23 heavy (non-hydrogen) atoms. The van der Waals surface area contributed by atoms with Gasteiger partial charge >= 0.3 is 12.1 Å². The van der Waals surface area contributed by atoms with Crippen molar-refractivity contribution in [3.05, 3.63) is 29.6 Å². The second-order valence-electron chi connectivity index (χ2n) is 5.58. The summed E-state index contributed by atoms with van der Waals surface area (Å²) in [6, 6.07) is 1.76. The molecular formula is C15H15F4NO3. The van der Waals surface area contributed by atoms with Crippen LogP contribution in [0, 0.1) is 17.7 Å². The molecule has 0 heterocycles. The van der Waals surface area contributed by atoms with Crippen LogP contribution in [0.4, 0.5) is 23.2 Å². The Kier molecular flexibility index (Phi) is 4.91. The lowest BCUT2D eigenvalue weighted by molar-refractivity contribution is -0.144. The molecule has 2 rings (SSSR count). The van der Waals surface area contributed by atoms with Crippen molar-refractivity contribution in [2.75, 3.05) is 5.32 Å². The number of halogens is 4. The minimum atomic E-state index is -4.65. The molecule has 0 radical (unpaired) electrons. The second kappa shape index (κ2) is 6.55. The SMILES string of the molecule is O=C(O)C1CCCC(C(=O)Nc2cc(C(F)(F)F)ccc2F)C1. The van der Waals surface area contributed by atoms with Crippen molar-refractivity contribution >= 4 is 17.6 Å². The summed E-state index contributed by atoms with van der Waals surface area (Å²) < 4.78 is 51.5. The number of carboxylic acid groups (broad SMARTS) is 1. The molecule has 0 spiro atoms. The number of amides is 1. The van der Waals surface area contributed by atoms with E-state index in [2.05, 4.69) is 5.32 Å². The van der Waals surface area contributed by atoms with E-state index in [0.29, 0.717) is 37.5 Å². The van der Waals surface area contributed by atoms with Gasteiger partial charge in [0.2, 0.25) is 5.91 Å². The summed E-state index contributed by atoms with van der Waals surface area (Å²) in [4.78, 5) is 23.1. The van der Waals surface area contributed by atoms with E-state index < -0.39 is 47.0 Å². The van der Waals surface area contributed by atoms with Crippen LogP contribution in [0.25, 0.3) is 0 Å². The number of benzene rings is 1. The predicted octanol–water partition coefficient (Wildman–Crippen LogP) is 3.67. The Morgan fingerprint density at radius 1 is 1.17 bits per heavy atom. The van der Waals surface area contributed by atoms with Crippen LogP contribution in [0.1, 0.15) is 31.2 Å². The Morgan fingerprint density at radius 3 is 2.43 bits per heavy atom. The number of nitrogens with one attached hydrogen (secondary N) is 1. The van der Waals surface area contributed by atoms with Crippen molar-refractivity contribution in [3.63, 3.8) is 0 Å². The summed E-state index contributed by atoms with van der Waals surface area (Å²) in [6.07, 6.45) is -3.14. The third-order valence-electron chi connectivity index (χ3n) is 3.95. The molecule has 0 aromatic heterocycles. The van der Waals surface area contributed by atoms with E-state index in [1.807, 2.05) is 0 Å². The van der Waals surface area contributed by atoms with E-state index in [4.69, 9.17) is 5.11 Å². The molecule has 1 aromatic carbocycles. The van der Waals surface area contributed by atoms with E-state index in [1.54, 1.807) is 0 Å². The van der Waals surface area contributed by atoms with Gasteiger partial charge in [0.15, 0.2) is 0 Å². The Hall–Kier alpha value is -2.12. The molecule has 1 fully saturated rings. The van der Waals surface area contributed by atoms with Crippen LogP contribution in [-0.4, -0.2) is 17.0 Å². The molecule has 2 atom stereocenters. The Labute approximate surface area is 129 Å². The van der Waals surface area contributed by atoms with Gasteiger partial charge in [0, 0.05) is 5.92 Å². The number of carboxylic acids is 1. The molecule has 1 aliphatic carbocycles. The number of hydrogen-bond acceptors (Lipinski definition) is 2. The highest BCUT2D eigenvalue weighted by Crippen LogP contribution is 2.33. The van der Waals surface area contributed by atoms with Gasteiger partial charge in [-0.3, -0.25) is 9.59 Å². The minimum absolute atomic E-state index is 0.0990. The highest BCUT2D eigenvalue weighted by molar-refractivity contribution is 5.93. The summed E-state index contributed by atoms with van der Waals surface area (Å²) >= 11 is 0. The highest BCUT2D eigenvalue weighted by atomic mass is 19.4. The van der Waals surface area contributed by atoms with E-state index in [9.17, 15) is 27.2 Å². The molecule has 1 saturated carbocycles. The zero-order valence-electron chi connectivity index (χ0n) is 12.0. The van der Waals surface area contributed by atoms with Gasteiger partial charge in [-0.2, -0.15) is 13.2 Å². The first-order chi connectivity index (χ1) is 10.7. The Bertz CT molecular complexity index is 615. The predicted molar refractivity (Wildman–Crippen MR) is 73.1 cm³/mol. The van der Waals surface area contributed by atoms with Gasteiger partial charge in [-0.1, -0.05) is 6.42 Å². The van der Waals surface area contributed by atoms with Gasteiger partial charge < -0.3 is 10.4 Å². The number of hydrogen-bond donors (Lipinski definition) is 2. The van der Waals surface area contributed by atoms with Crippen molar-refractivity contribution in [2.45, 2.75) is 31.9 Å². The van der Waals surface area contributed by atoms with Crippen LogP contribution in [0.3, 0.4) is 0 Å². The molecule has 0 aliphatic heterocycles. The lowest BCUT2D eigenvalue weighted by atomic mass is 9.81. The Morgan fingerprint density at radius 2 is 1.83 bits per heavy atom. The van der Waals surface area contributed by atoms with Crippen molar-refractivity contribution in [1.29, 1.82) is 0 Å². The molecule has 1 aromatic rings. The number of rotatable bonds is 3. The fraction of sp³-hybridized carbons (Fsp3) is 0.467. The molecule has 2 N–H and O–H groups in total. The summed E-state index contributed by atoms with van der Waals surface area (Å²) in [7, 11) is 0. The lowest BCUT2D eigenvalue weighted by Crippen LogP contribution is -2.31. The number of carbonyl (C=O) groups is 2. The maximum absolute atomic E-state index is 13.6. The van der Waals surface area contributed by atoms with Gasteiger partial charge in [-0.15, -0.1) is 0 Å². The average Bonchev–Trinajstić information content (AvgIpc) is 2.48. The van der Waals surface area contributed by atoms with Crippen LogP contribution < -0.4 is 5.32 Å². The minimum Gasteiger partial charge on any atom is -0.481 e. The molecule has 1 amide bonds. The first-order valence-electron chi connectivity index (χ1n) is 7.09. The number of carbonyl (C=O) groups excluding carboxylic acids is 1. The van der Waals surface area contributed by atoms with Crippen LogP contribution in [-0.2, 0) is 15.8 Å². The molecule has 2 unspecified atom stereocenters. The van der Waals surface area contributed by atoms with Crippen LogP contribution in [0.15, 0.2) is 18.2 Å². The zero-order valence-corrected chi connectivity index (χ0v) is 12.0. The van der Waals surface area contributed by atoms with Crippen molar-refractivity contribution in [2.24, 2.45) is 11.8 Å². The smallest absolute Gasteiger partial charge is 0.416 e. The molecular weight excluding hydrogens is 318 g/mol. The first kappa shape index (κ1) is 17.2. The zero-order chi connectivity index (χ0) is 17.2. The lowest BCUT2D eigenvalue weighted by Gasteiger charge is -2.25. The largest absolute Gasteiger partial charge is 0.481 e. The van der Waals surface area contributed by atoms with Crippen molar-refractivity contribution < 1.29 is 32.3 Å². The summed E-state index contributed by atoms with van der Waals surface area (Å²) in [5.41, 5.74) is -1.62. The highest BCUT2D eigenvalue weighted by Gasteiger charge is 2.33. The third kappa shape index (κ3) is 4.20. The summed E-state index contributed by atoms with van der Waals surface area (Å²) in [6.45, 7) is 0. The Balaban J connectivity index is 2.12. The quantitative estimate of drug-likeness (QED) is 0.830. The molecule has 126 valence electrons. The van der Waals surface area contributed by atoms with Gasteiger partial charge in [0.05, 0.1) is 17.2 Å². The van der Waals surface area contributed by atoms with Gasteiger partial charge in [0.1, 0.15) is 5.82 Å². The van der Waals surface area contributed by atoms with Crippen LogP contribution in [0.5, 0.6) is 0 Å². The van der Waals surface area contributed by atoms with Crippen LogP contribution >= 0.6 is 0 Å². The molecule has 1 aliphatic rings. The number of aliphatic carboxylic acids is 1. The van der Waals surface area contributed by atoms with Gasteiger partial charge in [-0.25, -0.2) is 4.39 Å². The maximum atomic E-state index is 13.6. The normalized spacial score (nSPS) is 21.7. The third-order valence-corrected chi connectivity index (χ3v) is 3.95. The second-order valence-corrected chi connectivity index (χ2v) is 5.58. The van der Waals surface area contributed by atoms with E-state index in [0.717, 1.165) is 0 Å². The molecule has 4 nitrogen and oxygen atoms in total. The topological polar surface area (TPSA) is 66.4 Å². The van der Waals surface area contributed by atoms with Gasteiger partial charge in [-0.05, 0) is 37.5 Å². The molecule has 8 heteroatoms. The molecule has 0 bridgehead atoms. The number of anilines is 1. The van der Waals surface area contributed by atoms with Crippen molar-refractivity contribution in [1.82, 2.24) is 0 Å². The van der Waals surface area contributed by atoms with E-state index >= 15 is 0 Å². The van der Waals surface area contributed by atoms with E-state index in [-0.39, 0.29) is 6.42 Å². The van der Waals surface area contributed by atoms with E-state index in [1.165, 1.54) is 0 Å². The molecule has 0 saturated heterocycles. The van der Waals surface area contributed by atoms with Crippen LogP contribution in [0.2, 0.25) is 0 Å². The van der Waals surface area contributed by atoms with Gasteiger partial charge in [0.25, 0.3) is 0 Å². The average molecular weight is 333 g/mol. The standard InChI is InChI=1S/C15H15F4NO3/c16-11-5-4-10(15(17,18)19)7-12(11)20-13(21)8-2-1-3-9(6-8)14(22)23/h4-5,7-9H,1-3,6H2,(H,20,21)(H,22,23). The van der Waals surface area contributed by atoms with Crippen molar-refractivity contribution in [3.8, 4) is 0 Å². The fourth-order valence-electron chi connectivity index (χ4n) is 2.68. The first-order valence-corrected chi connectivity index (χ1v) is 7.09. The monoisotopic (exact) mass is 333 g/mol. The fourth-order valence-corrected chi connectivity index (χ4v) is 2.68. The summed E-state index contributed by atoms with van der Waals surface area (Å²) in [5.74, 6) is -3.96. The summed E-state index contributed by atoms with van der Waals surface area (Å²) in [5, 5.41) is 11.1.